The number of aryl methyl sites for hydroxylation is 1. The molecule has 0 fully saturated rings. The Balaban J connectivity index is 1.99. The third-order valence-electron chi connectivity index (χ3n) is 4.09. The summed E-state index contributed by atoms with van der Waals surface area (Å²) >= 11 is 0. The first-order chi connectivity index (χ1) is 9.85. The van der Waals surface area contributed by atoms with E-state index in [1.54, 1.807) is 0 Å². The zero-order chi connectivity index (χ0) is 14.2. The molecule has 0 spiro atoms. The summed E-state index contributed by atoms with van der Waals surface area (Å²) in [5.74, 6) is 1.05. The Hall–Kier alpha value is -1.02. The summed E-state index contributed by atoms with van der Waals surface area (Å²) in [7, 11) is 0. The normalized spacial score (nSPS) is 17.8. The SMILES string of the molecule is CCCCCOc1ccc2c(c1)C(NCCC)CCC2. The second-order valence-electron chi connectivity index (χ2n) is 5.82. The molecule has 1 aromatic rings. The molecule has 2 nitrogen and oxygen atoms in total. The first-order valence-electron chi connectivity index (χ1n) is 8.34. The lowest BCUT2D eigenvalue weighted by atomic mass is 9.87. The summed E-state index contributed by atoms with van der Waals surface area (Å²) in [6, 6.07) is 7.21. The number of nitrogens with one attached hydrogen (secondary N) is 1. The minimum absolute atomic E-state index is 0.526. The third kappa shape index (κ3) is 4.24. The van der Waals surface area contributed by atoms with Gasteiger partial charge in [0.25, 0.3) is 0 Å². The van der Waals surface area contributed by atoms with E-state index in [4.69, 9.17) is 4.74 Å². The fourth-order valence-electron chi connectivity index (χ4n) is 2.94. The van der Waals surface area contributed by atoms with E-state index in [0.717, 1.165) is 25.3 Å². The molecular weight excluding hydrogens is 246 g/mol. The number of benzene rings is 1. The lowest BCUT2D eigenvalue weighted by molar-refractivity contribution is 0.305. The van der Waals surface area contributed by atoms with Gasteiger partial charge in [-0.2, -0.15) is 0 Å². The first kappa shape index (κ1) is 15.4. The smallest absolute Gasteiger partial charge is 0.119 e. The van der Waals surface area contributed by atoms with E-state index < -0.39 is 0 Å². The van der Waals surface area contributed by atoms with E-state index in [-0.39, 0.29) is 0 Å². The molecule has 0 saturated carbocycles. The van der Waals surface area contributed by atoms with Gasteiger partial charge in [0.1, 0.15) is 5.75 Å². The molecule has 0 saturated heterocycles. The summed E-state index contributed by atoms with van der Waals surface area (Å²) in [5, 5.41) is 3.68. The zero-order valence-corrected chi connectivity index (χ0v) is 13.1. The molecule has 0 bridgehead atoms. The lowest BCUT2D eigenvalue weighted by Gasteiger charge is -2.27. The van der Waals surface area contributed by atoms with Gasteiger partial charge < -0.3 is 10.1 Å². The highest BCUT2D eigenvalue weighted by molar-refractivity contribution is 5.39. The second-order valence-corrected chi connectivity index (χ2v) is 5.82. The highest BCUT2D eigenvalue weighted by Crippen LogP contribution is 2.32. The first-order valence-corrected chi connectivity index (χ1v) is 8.34. The van der Waals surface area contributed by atoms with Crippen LogP contribution in [0.15, 0.2) is 18.2 Å². The monoisotopic (exact) mass is 275 g/mol. The number of hydrogen-bond acceptors (Lipinski definition) is 2. The predicted molar refractivity (Wildman–Crippen MR) is 85.4 cm³/mol. The van der Waals surface area contributed by atoms with Crippen LogP contribution in [-0.2, 0) is 6.42 Å². The maximum atomic E-state index is 5.90. The lowest BCUT2D eigenvalue weighted by Crippen LogP contribution is -2.25. The summed E-state index contributed by atoms with van der Waals surface area (Å²) in [5.41, 5.74) is 2.98. The Bertz CT molecular complexity index is 402. The van der Waals surface area contributed by atoms with Crippen molar-refractivity contribution in [1.82, 2.24) is 5.32 Å². The molecule has 112 valence electrons. The van der Waals surface area contributed by atoms with E-state index in [2.05, 4.69) is 37.4 Å². The molecule has 1 N–H and O–H groups in total. The fourth-order valence-corrected chi connectivity index (χ4v) is 2.94. The quantitative estimate of drug-likeness (QED) is 0.698. The van der Waals surface area contributed by atoms with Crippen molar-refractivity contribution >= 4 is 0 Å². The van der Waals surface area contributed by atoms with Crippen LogP contribution in [0.1, 0.15) is 69.5 Å². The van der Waals surface area contributed by atoms with Crippen LogP contribution in [0.3, 0.4) is 0 Å². The molecule has 2 heteroatoms. The van der Waals surface area contributed by atoms with E-state index >= 15 is 0 Å². The highest BCUT2D eigenvalue weighted by Gasteiger charge is 2.19. The molecule has 1 aliphatic rings. The summed E-state index contributed by atoms with van der Waals surface area (Å²) in [6.07, 6.45) is 8.62. The van der Waals surface area contributed by atoms with Gasteiger partial charge in [-0.15, -0.1) is 0 Å². The molecule has 1 aliphatic carbocycles. The number of fused-ring (bicyclic) bond motifs is 1. The molecule has 0 aromatic heterocycles. The Morgan fingerprint density at radius 3 is 2.90 bits per heavy atom. The van der Waals surface area contributed by atoms with Gasteiger partial charge in [-0.25, -0.2) is 0 Å². The van der Waals surface area contributed by atoms with Gasteiger partial charge in [0.2, 0.25) is 0 Å². The van der Waals surface area contributed by atoms with E-state index in [1.165, 1.54) is 49.7 Å². The largest absolute Gasteiger partial charge is 0.494 e. The average Bonchev–Trinajstić information content (AvgIpc) is 2.49. The average molecular weight is 275 g/mol. The van der Waals surface area contributed by atoms with Crippen LogP contribution in [0.4, 0.5) is 0 Å². The van der Waals surface area contributed by atoms with Gasteiger partial charge in [0, 0.05) is 6.04 Å². The van der Waals surface area contributed by atoms with Crippen LogP contribution in [0, 0.1) is 0 Å². The van der Waals surface area contributed by atoms with Crippen LogP contribution in [0.5, 0.6) is 5.75 Å². The van der Waals surface area contributed by atoms with Crippen molar-refractivity contribution in [2.45, 2.75) is 64.8 Å². The Morgan fingerprint density at radius 2 is 2.10 bits per heavy atom. The maximum Gasteiger partial charge on any atom is 0.119 e. The molecule has 1 atom stereocenters. The van der Waals surface area contributed by atoms with E-state index in [1.807, 2.05) is 0 Å². The zero-order valence-electron chi connectivity index (χ0n) is 13.1. The number of unbranched alkanes of at least 4 members (excludes halogenated alkanes) is 2. The number of rotatable bonds is 8. The van der Waals surface area contributed by atoms with Gasteiger partial charge in [-0.3, -0.25) is 0 Å². The highest BCUT2D eigenvalue weighted by atomic mass is 16.5. The molecule has 1 aromatic carbocycles. The van der Waals surface area contributed by atoms with E-state index in [9.17, 15) is 0 Å². The second kappa shape index (κ2) is 8.31. The van der Waals surface area contributed by atoms with Gasteiger partial charge in [-0.05, 0) is 61.9 Å². The van der Waals surface area contributed by atoms with Crippen molar-refractivity contribution in [2.75, 3.05) is 13.2 Å². The van der Waals surface area contributed by atoms with Crippen molar-refractivity contribution < 1.29 is 4.74 Å². The van der Waals surface area contributed by atoms with Crippen molar-refractivity contribution in [3.63, 3.8) is 0 Å². The molecule has 0 amide bonds. The van der Waals surface area contributed by atoms with Crippen molar-refractivity contribution in [1.29, 1.82) is 0 Å². The molecule has 0 aliphatic heterocycles. The molecule has 2 rings (SSSR count). The van der Waals surface area contributed by atoms with Gasteiger partial charge >= 0.3 is 0 Å². The minimum atomic E-state index is 0.526. The van der Waals surface area contributed by atoms with Crippen LogP contribution in [-0.4, -0.2) is 13.2 Å². The van der Waals surface area contributed by atoms with Crippen LogP contribution in [0.25, 0.3) is 0 Å². The Morgan fingerprint density at radius 1 is 1.20 bits per heavy atom. The topological polar surface area (TPSA) is 21.3 Å². The van der Waals surface area contributed by atoms with Crippen molar-refractivity contribution in [3.8, 4) is 5.75 Å². The minimum Gasteiger partial charge on any atom is -0.494 e. The maximum absolute atomic E-state index is 5.90. The van der Waals surface area contributed by atoms with Gasteiger partial charge in [-0.1, -0.05) is 32.8 Å². The summed E-state index contributed by atoms with van der Waals surface area (Å²) in [4.78, 5) is 0. The molecule has 0 radical (unpaired) electrons. The van der Waals surface area contributed by atoms with E-state index in [0.29, 0.717) is 6.04 Å². The Labute approximate surface area is 123 Å². The van der Waals surface area contributed by atoms with Crippen LogP contribution in [0.2, 0.25) is 0 Å². The fraction of sp³-hybridized carbons (Fsp3) is 0.667. The van der Waals surface area contributed by atoms with Crippen molar-refractivity contribution in [2.24, 2.45) is 0 Å². The predicted octanol–water partition coefficient (Wildman–Crippen LogP) is 4.63. The molecule has 0 heterocycles. The third-order valence-corrected chi connectivity index (χ3v) is 4.09. The Kier molecular flexibility index (Phi) is 6.38. The summed E-state index contributed by atoms with van der Waals surface area (Å²) in [6.45, 7) is 6.40. The van der Waals surface area contributed by atoms with Crippen LogP contribution < -0.4 is 10.1 Å². The molecule has 20 heavy (non-hydrogen) atoms. The summed E-state index contributed by atoms with van der Waals surface area (Å²) < 4.78 is 5.90. The number of hydrogen-bond donors (Lipinski definition) is 1. The van der Waals surface area contributed by atoms with Crippen LogP contribution >= 0.6 is 0 Å². The van der Waals surface area contributed by atoms with Crippen molar-refractivity contribution in [3.05, 3.63) is 29.3 Å². The standard InChI is InChI=1S/C18H29NO/c1-3-5-6-13-20-16-11-10-15-8-7-9-18(17(15)14-16)19-12-4-2/h10-11,14,18-19H,3-9,12-13H2,1-2H3. The number of ether oxygens (including phenoxy) is 1. The molecule has 1 unspecified atom stereocenters. The van der Waals surface area contributed by atoms with Gasteiger partial charge in [0.15, 0.2) is 0 Å². The molecular formula is C18H29NO. The van der Waals surface area contributed by atoms with Gasteiger partial charge in [0.05, 0.1) is 6.61 Å².